The predicted octanol–water partition coefficient (Wildman–Crippen LogP) is 2.33. The third kappa shape index (κ3) is 3.04. The summed E-state index contributed by atoms with van der Waals surface area (Å²) >= 11 is 1.74. The molecule has 1 aromatic heterocycles. The second-order valence-corrected chi connectivity index (χ2v) is 5.26. The lowest BCUT2D eigenvalue weighted by molar-refractivity contribution is 0.127. The molecule has 1 fully saturated rings. The summed E-state index contributed by atoms with van der Waals surface area (Å²) in [6.07, 6.45) is 1.36. The second-order valence-electron chi connectivity index (χ2n) is 4.00. The minimum atomic E-state index is 0.287. The first-order valence-corrected chi connectivity index (χ1v) is 6.76. The van der Waals surface area contributed by atoms with Crippen LogP contribution in [0.4, 0.5) is 5.69 Å². The maximum absolute atomic E-state index is 5.79. The molecule has 0 saturated carbocycles. The molecule has 17 heavy (non-hydrogen) atoms. The quantitative estimate of drug-likeness (QED) is 0.893. The Balaban J connectivity index is 2.07. The molecule has 0 amide bonds. The lowest BCUT2D eigenvalue weighted by Crippen LogP contribution is -2.13. The van der Waals surface area contributed by atoms with Gasteiger partial charge in [-0.25, -0.2) is 4.98 Å². The Kier molecular flexibility index (Phi) is 4.12. The molecule has 4 nitrogen and oxygen atoms in total. The van der Waals surface area contributed by atoms with Crippen molar-refractivity contribution >= 4 is 17.4 Å². The zero-order chi connectivity index (χ0) is 12.3. The summed E-state index contributed by atoms with van der Waals surface area (Å²) in [7, 11) is 0. The van der Waals surface area contributed by atoms with E-state index in [1.165, 1.54) is 0 Å². The molecule has 2 unspecified atom stereocenters. The number of nitrogen functional groups attached to an aromatic ring is 1. The van der Waals surface area contributed by atoms with Crippen molar-refractivity contribution in [2.75, 3.05) is 18.9 Å². The number of nitrogens with two attached hydrogens (primary N) is 1. The van der Waals surface area contributed by atoms with Gasteiger partial charge < -0.3 is 15.2 Å². The molecular weight excluding hydrogens is 236 g/mol. The summed E-state index contributed by atoms with van der Waals surface area (Å²) in [6, 6.07) is 3.79. The fraction of sp³-hybridized carbons (Fsp3) is 0.583. The monoisotopic (exact) mass is 254 g/mol. The number of anilines is 1. The number of hydrogen-bond acceptors (Lipinski definition) is 5. The van der Waals surface area contributed by atoms with Gasteiger partial charge in [0, 0.05) is 11.9 Å². The highest BCUT2D eigenvalue weighted by molar-refractivity contribution is 7.99. The molecule has 0 aromatic carbocycles. The van der Waals surface area contributed by atoms with Crippen molar-refractivity contribution in [1.29, 1.82) is 0 Å². The number of thioether (sulfide) groups is 1. The van der Waals surface area contributed by atoms with Crippen molar-refractivity contribution in [3.05, 3.63) is 12.1 Å². The Hall–Kier alpha value is -0.940. The first kappa shape index (κ1) is 12.5. The van der Waals surface area contributed by atoms with Crippen molar-refractivity contribution < 1.29 is 9.47 Å². The summed E-state index contributed by atoms with van der Waals surface area (Å²) in [5.74, 6) is 0.532. The van der Waals surface area contributed by atoms with Gasteiger partial charge in [-0.3, -0.25) is 0 Å². The average molecular weight is 254 g/mol. The van der Waals surface area contributed by atoms with Gasteiger partial charge >= 0.3 is 0 Å². The Morgan fingerprint density at radius 3 is 3.06 bits per heavy atom. The predicted molar refractivity (Wildman–Crippen MR) is 69.5 cm³/mol. The standard InChI is InChI=1S/C12H18N2O2S/c1-3-15-12-9(13)4-5-11(14-12)17-10-6-7-16-8(10)2/h4-5,8,10H,3,6-7,13H2,1-2H3. The molecule has 2 heterocycles. The SMILES string of the molecule is CCOc1nc(SC2CCOC2C)ccc1N. The van der Waals surface area contributed by atoms with Crippen molar-refractivity contribution in [2.24, 2.45) is 0 Å². The highest BCUT2D eigenvalue weighted by Crippen LogP contribution is 2.33. The van der Waals surface area contributed by atoms with Crippen LogP contribution in [0.2, 0.25) is 0 Å². The number of rotatable bonds is 4. The number of hydrogen-bond donors (Lipinski definition) is 1. The summed E-state index contributed by atoms with van der Waals surface area (Å²) in [4.78, 5) is 4.42. The second kappa shape index (κ2) is 5.60. The summed E-state index contributed by atoms with van der Waals surface area (Å²) in [5, 5.41) is 1.42. The number of pyridine rings is 1. The maximum atomic E-state index is 5.79. The van der Waals surface area contributed by atoms with Gasteiger partial charge in [0.25, 0.3) is 0 Å². The van der Waals surface area contributed by atoms with Crippen LogP contribution in [-0.2, 0) is 4.74 Å². The molecule has 1 saturated heterocycles. The van der Waals surface area contributed by atoms with Crippen LogP contribution in [0.3, 0.4) is 0 Å². The van der Waals surface area contributed by atoms with Crippen LogP contribution in [0.5, 0.6) is 5.88 Å². The van der Waals surface area contributed by atoms with E-state index in [1.54, 1.807) is 11.8 Å². The fourth-order valence-corrected chi connectivity index (χ4v) is 2.85. The third-order valence-electron chi connectivity index (χ3n) is 2.72. The van der Waals surface area contributed by atoms with E-state index >= 15 is 0 Å². The first-order valence-electron chi connectivity index (χ1n) is 5.88. The molecule has 2 atom stereocenters. The van der Waals surface area contributed by atoms with Crippen LogP contribution >= 0.6 is 11.8 Å². The van der Waals surface area contributed by atoms with Crippen molar-refractivity contribution in [3.63, 3.8) is 0 Å². The largest absolute Gasteiger partial charge is 0.476 e. The van der Waals surface area contributed by atoms with Gasteiger partial charge in [0.2, 0.25) is 5.88 Å². The third-order valence-corrected chi connectivity index (χ3v) is 4.11. The van der Waals surface area contributed by atoms with E-state index in [0.717, 1.165) is 18.1 Å². The molecule has 2 rings (SSSR count). The average Bonchev–Trinajstić information content (AvgIpc) is 2.70. The zero-order valence-corrected chi connectivity index (χ0v) is 11.0. The Labute approximate surface area is 106 Å². The molecule has 0 bridgehead atoms. The van der Waals surface area contributed by atoms with Gasteiger partial charge in [-0.05, 0) is 32.4 Å². The van der Waals surface area contributed by atoms with Crippen LogP contribution in [0.15, 0.2) is 17.2 Å². The highest BCUT2D eigenvalue weighted by Gasteiger charge is 2.25. The van der Waals surface area contributed by atoms with Gasteiger partial charge in [-0.1, -0.05) is 0 Å². The van der Waals surface area contributed by atoms with Crippen LogP contribution in [-0.4, -0.2) is 29.6 Å². The van der Waals surface area contributed by atoms with Gasteiger partial charge in [0.1, 0.15) is 5.03 Å². The van der Waals surface area contributed by atoms with Gasteiger partial charge in [-0.15, -0.1) is 11.8 Å². The van der Waals surface area contributed by atoms with Crippen molar-refractivity contribution in [3.8, 4) is 5.88 Å². The molecule has 1 aromatic rings. The summed E-state index contributed by atoms with van der Waals surface area (Å²) in [5.41, 5.74) is 6.38. The van der Waals surface area contributed by atoms with Crippen molar-refractivity contribution in [1.82, 2.24) is 4.98 Å². The molecule has 94 valence electrons. The maximum Gasteiger partial charge on any atom is 0.238 e. The molecule has 0 radical (unpaired) electrons. The summed E-state index contributed by atoms with van der Waals surface area (Å²) < 4.78 is 10.9. The van der Waals surface area contributed by atoms with Crippen LogP contribution < -0.4 is 10.5 Å². The summed E-state index contributed by atoms with van der Waals surface area (Å²) in [6.45, 7) is 5.44. The van der Waals surface area contributed by atoms with E-state index in [1.807, 2.05) is 19.1 Å². The smallest absolute Gasteiger partial charge is 0.238 e. The van der Waals surface area contributed by atoms with Crippen LogP contribution in [0.1, 0.15) is 20.3 Å². The molecule has 0 aliphatic carbocycles. The first-order chi connectivity index (χ1) is 8.20. The topological polar surface area (TPSA) is 57.4 Å². The van der Waals surface area contributed by atoms with E-state index in [-0.39, 0.29) is 6.10 Å². The van der Waals surface area contributed by atoms with Gasteiger partial charge in [-0.2, -0.15) is 0 Å². The number of ether oxygens (including phenoxy) is 2. The number of aromatic nitrogens is 1. The van der Waals surface area contributed by atoms with E-state index in [9.17, 15) is 0 Å². The molecule has 0 spiro atoms. The lowest BCUT2D eigenvalue weighted by Gasteiger charge is -2.14. The normalized spacial score (nSPS) is 23.9. The number of nitrogens with zero attached hydrogens (tertiary/aromatic N) is 1. The van der Waals surface area contributed by atoms with Crippen LogP contribution in [0.25, 0.3) is 0 Å². The highest BCUT2D eigenvalue weighted by atomic mass is 32.2. The van der Waals surface area contributed by atoms with Gasteiger partial charge in [0.05, 0.1) is 18.4 Å². The van der Waals surface area contributed by atoms with E-state index < -0.39 is 0 Å². The Morgan fingerprint density at radius 2 is 2.41 bits per heavy atom. The molecule has 2 N–H and O–H groups in total. The van der Waals surface area contributed by atoms with E-state index in [2.05, 4.69) is 11.9 Å². The van der Waals surface area contributed by atoms with Gasteiger partial charge in [0.15, 0.2) is 0 Å². The molecular formula is C12H18N2O2S. The molecule has 1 aliphatic rings. The fourth-order valence-electron chi connectivity index (χ4n) is 1.77. The lowest BCUT2D eigenvalue weighted by atomic mass is 10.3. The molecule has 5 heteroatoms. The Morgan fingerprint density at radius 1 is 1.59 bits per heavy atom. The Bertz CT molecular complexity index is 387. The van der Waals surface area contributed by atoms with Crippen molar-refractivity contribution in [2.45, 2.75) is 36.6 Å². The van der Waals surface area contributed by atoms with E-state index in [4.69, 9.17) is 15.2 Å². The van der Waals surface area contributed by atoms with E-state index in [0.29, 0.717) is 23.4 Å². The minimum Gasteiger partial charge on any atom is -0.476 e. The molecule has 1 aliphatic heterocycles. The zero-order valence-electron chi connectivity index (χ0n) is 10.2. The van der Waals surface area contributed by atoms with Crippen LogP contribution in [0, 0.1) is 0 Å². The minimum absolute atomic E-state index is 0.287.